The summed E-state index contributed by atoms with van der Waals surface area (Å²) in [5.74, 6) is -0.0749. The quantitative estimate of drug-likeness (QED) is 0.580. The second-order valence-corrected chi connectivity index (χ2v) is 6.47. The van der Waals surface area contributed by atoms with Crippen LogP contribution in [0, 0.1) is 0 Å². The highest BCUT2D eigenvalue weighted by atomic mass is 79.9. The van der Waals surface area contributed by atoms with Crippen molar-refractivity contribution < 1.29 is 22.7 Å². The largest absolute Gasteiger partial charge is 0.411 e. The lowest BCUT2D eigenvalue weighted by Gasteiger charge is -2.37. The van der Waals surface area contributed by atoms with Gasteiger partial charge in [0.2, 0.25) is 5.91 Å². The molecule has 2 rings (SSSR count). The molecule has 0 aliphatic carbocycles. The van der Waals surface area contributed by atoms with Gasteiger partial charge in [-0.15, -0.1) is 0 Å². The molecule has 1 amide bonds. The van der Waals surface area contributed by atoms with Crippen molar-refractivity contribution in [1.29, 1.82) is 0 Å². The summed E-state index contributed by atoms with van der Waals surface area (Å²) in [6.07, 6.45) is -0.409. The number of piperidine rings is 1. The van der Waals surface area contributed by atoms with Crippen LogP contribution in [0.1, 0.15) is 32.1 Å². The number of rotatable bonds is 4. The highest BCUT2D eigenvalue weighted by molar-refractivity contribution is 9.09. The van der Waals surface area contributed by atoms with Gasteiger partial charge < -0.3 is 9.64 Å². The van der Waals surface area contributed by atoms with Gasteiger partial charge >= 0.3 is 6.18 Å². The maximum absolute atomic E-state index is 12.0. The number of fused-ring (bicyclic) bond motifs is 2. The molecule has 2 atom stereocenters. The summed E-state index contributed by atoms with van der Waals surface area (Å²) < 4.78 is 40.1. The highest BCUT2D eigenvalue weighted by Crippen LogP contribution is 2.38. The van der Waals surface area contributed by atoms with Crippen LogP contribution in [0.25, 0.3) is 0 Å². The van der Waals surface area contributed by atoms with Gasteiger partial charge in [0.15, 0.2) is 0 Å². The molecule has 110 valence electrons. The van der Waals surface area contributed by atoms with Gasteiger partial charge in [0.1, 0.15) is 6.61 Å². The van der Waals surface area contributed by atoms with Crippen molar-refractivity contribution >= 4 is 21.8 Å². The fraction of sp³-hybridized carbons (Fsp3) is 0.917. The Bertz CT molecular complexity index is 323. The number of ether oxygens (including phenoxy) is 1. The van der Waals surface area contributed by atoms with Crippen LogP contribution in [0.3, 0.4) is 0 Å². The SMILES string of the molecule is O=C(CCOCC(F)(F)F)N1C2CCC1CC(Br)C2. The molecule has 2 bridgehead atoms. The molecule has 0 radical (unpaired) electrons. The minimum atomic E-state index is -4.32. The van der Waals surface area contributed by atoms with Gasteiger partial charge in [0, 0.05) is 16.9 Å². The van der Waals surface area contributed by atoms with E-state index in [1.807, 2.05) is 4.90 Å². The van der Waals surface area contributed by atoms with E-state index in [1.54, 1.807) is 0 Å². The third-order valence-electron chi connectivity index (χ3n) is 3.69. The molecule has 2 heterocycles. The number of hydrogen-bond donors (Lipinski definition) is 0. The van der Waals surface area contributed by atoms with Crippen LogP contribution in [-0.2, 0) is 9.53 Å². The van der Waals surface area contributed by atoms with Crippen molar-refractivity contribution in [2.45, 2.75) is 55.2 Å². The molecule has 0 N–H and O–H groups in total. The molecule has 0 saturated carbocycles. The third-order valence-corrected chi connectivity index (χ3v) is 4.44. The molecular weight excluding hydrogens is 327 g/mol. The van der Waals surface area contributed by atoms with E-state index in [0.717, 1.165) is 25.7 Å². The third kappa shape index (κ3) is 4.08. The molecule has 0 aromatic rings. The Hall–Kier alpha value is -0.300. The average Bonchev–Trinajstić information content (AvgIpc) is 2.56. The van der Waals surface area contributed by atoms with Crippen LogP contribution >= 0.6 is 15.9 Å². The monoisotopic (exact) mass is 343 g/mol. The Labute approximate surface area is 118 Å². The number of carbonyl (C=O) groups excluding carboxylic acids is 1. The molecule has 7 heteroatoms. The summed E-state index contributed by atoms with van der Waals surface area (Å²) in [6.45, 7) is -1.44. The van der Waals surface area contributed by atoms with E-state index >= 15 is 0 Å². The summed E-state index contributed by atoms with van der Waals surface area (Å²) in [4.78, 5) is 14.4. The van der Waals surface area contributed by atoms with Crippen LogP contribution in [0.5, 0.6) is 0 Å². The Balaban J connectivity index is 1.75. The molecule has 3 nitrogen and oxygen atoms in total. The molecule has 0 spiro atoms. The van der Waals surface area contributed by atoms with E-state index in [1.165, 1.54) is 0 Å². The van der Waals surface area contributed by atoms with E-state index in [2.05, 4.69) is 20.7 Å². The van der Waals surface area contributed by atoms with Crippen LogP contribution in [-0.4, -0.2) is 47.1 Å². The van der Waals surface area contributed by atoms with Crippen molar-refractivity contribution in [1.82, 2.24) is 4.90 Å². The molecule has 2 saturated heterocycles. The number of hydrogen-bond acceptors (Lipinski definition) is 2. The molecule has 2 aliphatic rings. The smallest absolute Gasteiger partial charge is 0.372 e. The zero-order valence-electron chi connectivity index (χ0n) is 10.5. The van der Waals surface area contributed by atoms with Crippen LogP contribution in [0.4, 0.5) is 13.2 Å². The van der Waals surface area contributed by atoms with Gasteiger partial charge in [-0.25, -0.2) is 0 Å². The molecule has 2 unspecified atom stereocenters. The predicted molar refractivity (Wildman–Crippen MR) is 67.1 cm³/mol. The van der Waals surface area contributed by atoms with E-state index in [9.17, 15) is 18.0 Å². The number of halogens is 4. The molecular formula is C12H17BrF3NO2. The van der Waals surface area contributed by atoms with Gasteiger partial charge in [0.05, 0.1) is 13.0 Å². The van der Waals surface area contributed by atoms with Gasteiger partial charge in [-0.1, -0.05) is 15.9 Å². The Morgan fingerprint density at radius 2 is 1.84 bits per heavy atom. The van der Waals surface area contributed by atoms with E-state index in [0.29, 0.717) is 4.83 Å². The Morgan fingerprint density at radius 1 is 1.26 bits per heavy atom. The lowest BCUT2D eigenvalue weighted by molar-refractivity contribution is -0.175. The molecule has 2 fully saturated rings. The second kappa shape index (κ2) is 5.99. The Morgan fingerprint density at radius 3 is 2.37 bits per heavy atom. The van der Waals surface area contributed by atoms with Crippen molar-refractivity contribution in [2.24, 2.45) is 0 Å². The van der Waals surface area contributed by atoms with Crippen molar-refractivity contribution in [3.05, 3.63) is 0 Å². The predicted octanol–water partition coefficient (Wildman–Crippen LogP) is 2.87. The fourth-order valence-electron chi connectivity index (χ4n) is 2.99. The molecule has 19 heavy (non-hydrogen) atoms. The van der Waals surface area contributed by atoms with E-state index in [-0.39, 0.29) is 31.0 Å². The van der Waals surface area contributed by atoms with Gasteiger partial charge in [-0.2, -0.15) is 13.2 Å². The van der Waals surface area contributed by atoms with Gasteiger partial charge in [-0.3, -0.25) is 4.79 Å². The summed E-state index contributed by atoms with van der Waals surface area (Å²) in [7, 11) is 0. The van der Waals surface area contributed by atoms with Crippen LogP contribution < -0.4 is 0 Å². The normalized spacial score (nSPS) is 30.7. The second-order valence-electron chi connectivity index (χ2n) is 5.17. The topological polar surface area (TPSA) is 29.5 Å². The Kier molecular flexibility index (Phi) is 4.76. The molecule has 2 aliphatic heterocycles. The summed E-state index contributed by atoms with van der Waals surface area (Å²) in [5, 5.41) is 0. The maximum Gasteiger partial charge on any atom is 0.411 e. The molecule has 0 aromatic carbocycles. The van der Waals surface area contributed by atoms with Gasteiger partial charge in [0.25, 0.3) is 0 Å². The first-order valence-electron chi connectivity index (χ1n) is 6.46. The van der Waals surface area contributed by atoms with Crippen LogP contribution in [0.15, 0.2) is 0 Å². The molecule has 0 aromatic heterocycles. The summed E-state index contributed by atoms with van der Waals surface area (Å²) >= 11 is 3.58. The number of alkyl halides is 4. The first-order valence-corrected chi connectivity index (χ1v) is 7.38. The van der Waals surface area contributed by atoms with Crippen molar-refractivity contribution in [3.8, 4) is 0 Å². The first kappa shape index (κ1) is 15.1. The maximum atomic E-state index is 12.0. The van der Waals surface area contributed by atoms with Crippen LogP contribution in [0.2, 0.25) is 0 Å². The minimum absolute atomic E-state index is 0.0377. The van der Waals surface area contributed by atoms with Gasteiger partial charge in [-0.05, 0) is 25.7 Å². The standard InChI is InChI=1S/C12H17BrF3NO2/c13-8-5-9-1-2-10(6-8)17(9)11(18)3-4-19-7-12(14,15)16/h8-10H,1-7H2. The average molecular weight is 344 g/mol. The number of carbonyl (C=O) groups is 1. The van der Waals surface area contributed by atoms with E-state index in [4.69, 9.17) is 0 Å². The zero-order chi connectivity index (χ0) is 14.0. The lowest BCUT2D eigenvalue weighted by atomic mass is 10.0. The summed E-state index contributed by atoms with van der Waals surface area (Å²) in [6, 6.07) is 0.497. The van der Waals surface area contributed by atoms with Crippen molar-refractivity contribution in [2.75, 3.05) is 13.2 Å². The van der Waals surface area contributed by atoms with Crippen molar-refractivity contribution in [3.63, 3.8) is 0 Å². The van der Waals surface area contributed by atoms with E-state index < -0.39 is 12.8 Å². The lowest BCUT2D eigenvalue weighted by Crippen LogP contribution is -2.47. The highest BCUT2D eigenvalue weighted by Gasteiger charge is 2.42. The first-order chi connectivity index (χ1) is 8.87. The minimum Gasteiger partial charge on any atom is -0.372 e. The zero-order valence-corrected chi connectivity index (χ0v) is 12.0. The number of amides is 1. The number of nitrogens with zero attached hydrogens (tertiary/aromatic N) is 1. The summed E-state index contributed by atoms with van der Waals surface area (Å²) in [5.41, 5.74) is 0. The fourth-order valence-corrected chi connectivity index (χ4v) is 3.86.